The van der Waals surface area contributed by atoms with Gasteiger partial charge in [0.2, 0.25) is 11.7 Å². The van der Waals surface area contributed by atoms with Crippen LogP contribution in [0, 0.1) is 0 Å². The summed E-state index contributed by atoms with van der Waals surface area (Å²) >= 11 is 5.97. The molecule has 174 valence electrons. The lowest BCUT2D eigenvalue weighted by molar-refractivity contribution is -0.117. The summed E-state index contributed by atoms with van der Waals surface area (Å²) in [5.74, 6) is 2.28. The molecule has 1 atom stereocenters. The number of amides is 1. The summed E-state index contributed by atoms with van der Waals surface area (Å²) in [7, 11) is 0. The van der Waals surface area contributed by atoms with Gasteiger partial charge in [0.15, 0.2) is 17.3 Å². The highest BCUT2D eigenvalue weighted by molar-refractivity contribution is 6.30. The van der Waals surface area contributed by atoms with Crippen molar-refractivity contribution < 1.29 is 23.5 Å². The molecule has 4 rings (SSSR count). The number of hydrogen-bond donors (Lipinski definition) is 0. The van der Waals surface area contributed by atoms with Crippen LogP contribution in [0.2, 0.25) is 5.02 Å². The van der Waals surface area contributed by atoms with E-state index in [1.54, 1.807) is 29.2 Å². The number of benzene rings is 2. The van der Waals surface area contributed by atoms with E-state index in [2.05, 4.69) is 10.1 Å². The van der Waals surface area contributed by atoms with Gasteiger partial charge in [-0.2, -0.15) is 4.98 Å². The van der Waals surface area contributed by atoms with E-state index in [9.17, 15) is 4.79 Å². The van der Waals surface area contributed by atoms with Crippen LogP contribution in [0.25, 0.3) is 11.5 Å². The minimum atomic E-state index is -0.175. The van der Waals surface area contributed by atoms with E-state index in [0.29, 0.717) is 72.3 Å². The summed E-state index contributed by atoms with van der Waals surface area (Å²) in [6.45, 7) is 7.58. The fourth-order valence-electron chi connectivity index (χ4n) is 3.78. The largest absolute Gasteiger partial charge is 0.490 e. The van der Waals surface area contributed by atoms with Gasteiger partial charge in [-0.3, -0.25) is 4.79 Å². The van der Waals surface area contributed by atoms with E-state index in [1.807, 2.05) is 32.9 Å². The van der Waals surface area contributed by atoms with E-state index in [1.165, 1.54) is 0 Å². The van der Waals surface area contributed by atoms with Gasteiger partial charge in [0.25, 0.3) is 5.89 Å². The number of carbonyl (C=O) groups is 1. The zero-order valence-corrected chi connectivity index (χ0v) is 19.6. The van der Waals surface area contributed by atoms with Crippen molar-refractivity contribution in [2.45, 2.75) is 33.1 Å². The van der Waals surface area contributed by atoms with E-state index < -0.39 is 0 Å². The van der Waals surface area contributed by atoms with E-state index in [4.69, 9.17) is 30.3 Å². The molecule has 8 nitrogen and oxygen atoms in total. The number of carbonyl (C=O) groups excluding carboxylic acids is 1. The van der Waals surface area contributed by atoms with Crippen molar-refractivity contribution in [1.82, 2.24) is 10.1 Å². The molecule has 3 aromatic rings. The second-order valence-corrected chi connectivity index (χ2v) is 7.88. The molecule has 33 heavy (non-hydrogen) atoms. The lowest BCUT2D eigenvalue weighted by Crippen LogP contribution is -2.24. The molecule has 1 saturated heterocycles. The number of ether oxygens (including phenoxy) is 3. The highest BCUT2D eigenvalue weighted by Crippen LogP contribution is 2.42. The van der Waals surface area contributed by atoms with Gasteiger partial charge in [0.05, 0.1) is 19.8 Å². The fraction of sp³-hybridized carbons (Fsp3) is 0.375. The molecule has 0 saturated carbocycles. The van der Waals surface area contributed by atoms with Crippen LogP contribution in [0.1, 0.15) is 38.9 Å². The number of halogens is 1. The van der Waals surface area contributed by atoms with Crippen LogP contribution in [0.5, 0.6) is 17.2 Å². The van der Waals surface area contributed by atoms with Crippen LogP contribution >= 0.6 is 11.6 Å². The number of anilines is 1. The van der Waals surface area contributed by atoms with Gasteiger partial charge in [-0.05, 0) is 57.2 Å². The Hall–Kier alpha value is -3.26. The Balaban J connectivity index is 1.60. The molecule has 1 aliphatic rings. The third-order valence-corrected chi connectivity index (χ3v) is 5.48. The van der Waals surface area contributed by atoms with Crippen LogP contribution in [0.4, 0.5) is 5.69 Å². The SMILES string of the molecule is CCOc1cc(-c2nc(C3CC(=O)N(c4ccc(Cl)cc4)C3)no2)cc(OCC)c1OCC. The molecule has 0 radical (unpaired) electrons. The molecule has 9 heteroatoms. The molecular formula is C24H26ClN3O5. The monoisotopic (exact) mass is 471 g/mol. The standard InChI is InChI=1S/C24H26ClN3O5/c1-4-30-19-11-15(12-20(31-5-2)22(19)32-6-3)24-26-23(27-33-24)16-13-21(29)28(14-16)18-9-7-17(25)8-10-18/h7-12,16H,4-6,13-14H2,1-3H3. The summed E-state index contributed by atoms with van der Waals surface area (Å²) < 4.78 is 22.9. The molecule has 0 bridgehead atoms. The lowest BCUT2D eigenvalue weighted by atomic mass is 10.1. The molecule has 1 aromatic heterocycles. The Morgan fingerprint density at radius 2 is 1.67 bits per heavy atom. The molecule has 1 amide bonds. The smallest absolute Gasteiger partial charge is 0.258 e. The Labute approximate surface area is 197 Å². The van der Waals surface area contributed by atoms with Crippen LogP contribution in [0.15, 0.2) is 40.9 Å². The summed E-state index contributed by atoms with van der Waals surface area (Å²) in [5, 5.41) is 4.79. The first-order valence-electron chi connectivity index (χ1n) is 11.0. The van der Waals surface area contributed by atoms with Crippen molar-refractivity contribution in [2.75, 3.05) is 31.3 Å². The predicted octanol–water partition coefficient (Wildman–Crippen LogP) is 5.11. The van der Waals surface area contributed by atoms with Gasteiger partial charge >= 0.3 is 0 Å². The second-order valence-electron chi connectivity index (χ2n) is 7.44. The average molecular weight is 472 g/mol. The number of hydrogen-bond acceptors (Lipinski definition) is 7. The Bertz CT molecular complexity index is 1090. The Morgan fingerprint density at radius 3 is 2.27 bits per heavy atom. The quantitative estimate of drug-likeness (QED) is 0.428. The first-order valence-corrected chi connectivity index (χ1v) is 11.4. The lowest BCUT2D eigenvalue weighted by Gasteiger charge is -2.16. The summed E-state index contributed by atoms with van der Waals surface area (Å²) in [4.78, 5) is 18.9. The molecular weight excluding hydrogens is 446 g/mol. The molecule has 0 spiro atoms. The summed E-state index contributed by atoms with van der Waals surface area (Å²) in [6.07, 6.45) is 0.305. The number of rotatable bonds is 9. The van der Waals surface area contributed by atoms with E-state index >= 15 is 0 Å². The van der Waals surface area contributed by atoms with Crippen molar-refractivity contribution in [3.63, 3.8) is 0 Å². The van der Waals surface area contributed by atoms with Crippen molar-refractivity contribution in [3.05, 3.63) is 47.2 Å². The minimum absolute atomic E-state index is 0.00649. The van der Waals surface area contributed by atoms with Crippen LogP contribution in [-0.4, -0.2) is 42.4 Å². The average Bonchev–Trinajstić information content (AvgIpc) is 3.44. The summed E-state index contributed by atoms with van der Waals surface area (Å²) in [5.41, 5.74) is 1.45. The maximum Gasteiger partial charge on any atom is 0.258 e. The van der Waals surface area contributed by atoms with Gasteiger partial charge in [0, 0.05) is 35.2 Å². The van der Waals surface area contributed by atoms with Gasteiger partial charge in [0.1, 0.15) is 0 Å². The van der Waals surface area contributed by atoms with E-state index in [0.717, 1.165) is 5.69 Å². The third-order valence-electron chi connectivity index (χ3n) is 5.23. The van der Waals surface area contributed by atoms with Crippen molar-refractivity contribution in [2.24, 2.45) is 0 Å². The first kappa shape index (κ1) is 22.9. The van der Waals surface area contributed by atoms with Crippen molar-refractivity contribution in [1.29, 1.82) is 0 Å². The van der Waals surface area contributed by atoms with Gasteiger partial charge in [-0.25, -0.2) is 0 Å². The predicted molar refractivity (Wildman–Crippen MR) is 124 cm³/mol. The normalized spacial score (nSPS) is 15.7. The van der Waals surface area contributed by atoms with Crippen molar-refractivity contribution in [3.8, 4) is 28.7 Å². The molecule has 1 aliphatic heterocycles. The topological polar surface area (TPSA) is 86.9 Å². The van der Waals surface area contributed by atoms with Crippen LogP contribution in [-0.2, 0) is 4.79 Å². The maximum atomic E-state index is 12.6. The Kier molecular flexibility index (Phi) is 7.03. The molecule has 0 aliphatic carbocycles. The molecule has 2 aromatic carbocycles. The minimum Gasteiger partial charge on any atom is -0.490 e. The highest BCUT2D eigenvalue weighted by Gasteiger charge is 2.34. The molecule has 1 fully saturated rings. The first-order chi connectivity index (χ1) is 16.0. The maximum absolute atomic E-state index is 12.6. The van der Waals surface area contributed by atoms with Gasteiger partial charge < -0.3 is 23.6 Å². The second kappa shape index (κ2) is 10.1. The molecule has 0 N–H and O–H groups in total. The molecule has 2 heterocycles. The Morgan fingerprint density at radius 1 is 1.03 bits per heavy atom. The zero-order valence-electron chi connectivity index (χ0n) is 18.8. The number of aromatic nitrogens is 2. The highest BCUT2D eigenvalue weighted by atomic mass is 35.5. The third kappa shape index (κ3) is 4.90. The summed E-state index contributed by atoms with van der Waals surface area (Å²) in [6, 6.07) is 10.8. The number of nitrogens with zero attached hydrogens (tertiary/aromatic N) is 3. The van der Waals surface area contributed by atoms with Crippen LogP contribution in [0.3, 0.4) is 0 Å². The van der Waals surface area contributed by atoms with Crippen LogP contribution < -0.4 is 19.1 Å². The molecule has 1 unspecified atom stereocenters. The van der Waals surface area contributed by atoms with Gasteiger partial charge in [-0.1, -0.05) is 16.8 Å². The van der Waals surface area contributed by atoms with Crippen molar-refractivity contribution >= 4 is 23.2 Å². The zero-order chi connectivity index (χ0) is 23.4. The van der Waals surface area contributed by atoms with Gasteiger partial charge in [-0.15, -0.1) is 0 Å². The van der Waals surface area contributed by atoms with E-state index in [-0.39, 0.29) is 11.8 Å². The fourth-order valence-corrected chi connectivity index (χ4v) is 3.91.